The lowest BCUT2D eigenvalue weighted by atomic mass is 10.1. The van der Waals surface area contributed by atoms with Crippen molar-refractivity contribution in [2.24, 2.45) is 0 Å². The molecule has 0 aliphatic heterocycles. The maximum absolute atomic E-state index is 12.6. The van der Waals surface area contributed by atoms with Gasteiger partial charge in [-0.2, -0.15) is 0 Å². The van der Waals surface area contributed by atoms with Gasteiger partial charge in [-0.15, -0.1) is 6.58 Å². The Balaban J connectivity index is 0. The summed E-state index contributed by atoms with van der Waals surface area (Å²) < 4.78 is 38.3. The summed E-state index contributed by atoms with van der Waals surface area (Å²) in [7, 11) is -3.83. The van der Waals surface area contributed by atoms with Gasteiger partial charge in [-0.25, -0.2) is 4.57 Å². The third-order valence-corrected chi connectivity index (χ3v) is 5.78. The van der Waals surface area contributed by atoms with Crippen LogP contribution in [0.5, 0.6) is 0 Å². The van der Waals surface area contributed by atoms with Gasteiger partial charge in [-0.05, 0) is 32.4 Å². The highest BCUT2D eigenvalue weighted by molar-refractivity contribution is 7.48. The molecule has 1 unspecified atom stereocenters. The van der Waals surface area contributed by atoms with Crippen LogP contribution in [0.2, 0.25) is 0 Å². The second kappa shape index (κ2) is 22.9. The summed E-state index contributed by atoms with van der Waals surface area (Å²) in [6, 6.07) is -1.37. The van der Waals surface area contributed by atoms with Crippen LogP contribution in [0.1, 0.15) is 54.9 Å². The summed E-state index contributed by atoms with van der Waals surface area (Å²) in [4.78, 5) is 44.3. The van der Waals surface area contributed by atoms with Crippen molar-refractivity contribution in [3.05, 3.63) is 37.0 Å². The van der Waals surface area contributed by atoms with Gasteiger partial charge >= 0.3 is 19.8 Å². The molecule has 2 amide bonds. The van der Waals surface area contributed by atoms with E-state index in [1.165, 1.54) is 33.8 Å². The topological polar surface area (TPSA) is 176 Å². The smallest absolute Gasteiger partial charge is 0.456 e. The molecule has 0 fully saturated rings. The molecule has 0 aromatic rings. The summed E-state index contributed by atoms with van der Waals surface area (Å²) >= 11 is 0. The van der Waals surface area contributed by atoms with Crippen LogP contribution < -0.4 is 10.6 Å². The number of amides is 2. The van der Waals surface area contributed by atoms with Gasteiger partial charge in [-0.3, -0.25) is 32.7 Å². The molecule has 0 aromatic heterocycles. The van der Waals surface area contributed by atoms with Gasteiger partial charge in [0.15, 0.2) is 0 Å². The number of hydrogen-bond donors (Lipinski definition) is 3. The number of carbonyl (C=O) groups is 4. The standard InChI is InChI=1S/C16H28NO7P.C10H17NO4/c1-6-9-16(24-14(5)19)15(17-13(4)18)12-23-25(20,21-10-7-2)22-11-8-3;1-4-5-10(15-8(3)14)9(6-12)11-7(2)13/h6-7,9,15-16H,2,8,10-12H2,1,3-5H3,(H,17,18);4-5,9-10,12H,6H2,1-3H3,(H,11,13)/b9-6+;5-4+/t15-,16+,25?;9-,10+/m00/s1. The molecule has 230 valence electrons. The molecule has 40 heavy (non-hydrogen) atoms. The number of aliphatic hydroxyl groups excluding tert-OH is 1. The van der Waals surface area contributed by atoms with E-state index in [4.69, 9.17) is 28.2 Å². The molecule has 0 rings (SSSR count). The van der Waals surface area contributed by atoms with Gasteiger partial charge in [0.05, 0.1) is 38.5 Å². The first-order valence-electron chi connectivity index (χ1n) is 12.7. The fourth-order valence-corrected chi connectivity index (χ4v) is 4.14. The minimum Gasteiger partial charge on any atom is -0.456 e. The van der Waals surface area contributed by atoms with Gasteiger partial charge in [0, 0.05) is 27.7 Å². The average molecular weight is 593 g/mol. The number of allylic oxidation sites excluding steroid dienone is 2. The Morgan fingerprint density at radius 1 is 0.850 bits per heavy atom. The molecule has 0 heterocycles. The summed E-state index contributed by atoms with van der Waals surface area (Å²) in [6.45, 7) is 13.7. The average Bonchev–Trinajstić information content (AvgIpc) is 2.86. The Bertz CT molecular complexity index is 892. The van der Waals surface area contributed by atoms with E-state index < -0.39 is 44.1 Å². The van der Waals surface area contributed by atoms with E-state index in [0.717, 1.165) is 0 Å². The maximum atomic E-state index is 12.6. The molecule has 5 atom stereocenters. The van der Waals surface area contributed by atoms with Crippen molar-refractivity contribution < 1.29 is 51.9 Å². The Morgan fingerprint density at radius 3 is 1.70 bits per heavy atom. The number of phosphoric acid groups is 1. The maximum Gasteiger partial charge on any atom is 0.475 e. The highest BCUT2D eigenvalue weighted by atomic mass is 31.2. The lowest BCUT2D eigenvalue weighted by Crippen LogP contribution is -2.46. The predicted octanol–water partition coefficient (Wildman–Crippen LogP) is 2.74. The Kier molecular flexibility index (Phi) is 22.5. The summed E-state index contributed by atoms with van der Waals surface area (Å²) in [6.07, 6.45) is 7.17. The van der Waals surface area contributed by atoms with Gasteiger partial charge in [-0.1, -0.05) is 25.2 Å². The van der Waals surface area contributed by atoms with Crippen LogP contribution in [0.25, 0.3) is 0 Å². The minimum atomic E-state index is -3.83. The van der Waals surface area contributed by atoms with Crippen LogP contribution in [-0.4, -0.2) is 79.6 Å². The number of ether oxygens (including phenoxy) is 2. The number of nitrogens with one attached hydrogen (secondary N) is 2. The zero-order chi connectivity index (χ0) is 31.1. The largest absolute Gasteiger partial charge is 0.475 e. The fraction of sp³-hybridized carbons (Fsp3) is 0.615. The molecule has 0 aliphatic carbocycles. The fourth-order valence-electron chi connectivity index (χ4n) is 2.88. The summed E-state index contributed by atoms with van der Waals surface area (Å²) in [5, 5.41) is 14.2. The molecule has 0 saturated carbocycles. The van der Waals surface area contributed by atoms with Crippen molar-refractivity contribution in [2.75, 3.05) is 26.4 Å². The van der Waals surface area contributed by atoms with E-state index in [1.807, 2.05) is 6.92 Å². The van der Waals surface area contributed by atoms with Crippen LogP contribution in [0.4, 0.5) is 0 Å². The monoisotopic (exact) mass is 592 g/mol. The van der Waals surface area contributed by atoms with Gasteiger partial charge in [0.1, 0.15) is 12.2 Å². The van der Waals surface area contributed by atoms with Crippen molar-refractivity contribution in [3.63, 3.8) is 0 Å². The molecule has 13 nitrogen and oxygen atoms in total. The quantitative estimate of drug-likeness (QED) is 0.121. The molecule has 0 radical (unpaired) electrons. The number of aliphatic hydroxyl groups is 1. The highest BCUT2D eigenvalue weighted by Gasteiger charge is 2.31. The first-order valence-corrected chi connectivity index (χ1v) is 14.1. The van der Waals surface area contributed by atoms with Crippen molar-refractivity contribution in [1.29, 1.82) is 0 Å². The lowest BCUT2D eigenvalue weighted by Gasteiger charge is -2.26. The predicted molar refractivity (Wildman–Crippen MR) is 149 cm³/mol. The van der Waals surface area contributed by atoms with Crippen LogP contribution in [0.3, 0.4) is 0 Å². The number of hydrogen-bond acceptors (Lipinski definition) is 11. The summed E-state index contributed by atoms with van der Waals surface area (Å²) in [5.41, 5.74) is 0. The van der Waals surface area contributed by atoms with Gasteiger partial charge in [0.25, 0.3) is 0 Å². The Labute approximate surface area is 236 Å². The second-order valence-electron chi connectivity index (χ2n) is 8.16. The molecule has 0 aromatic carbocycles. The van der Waals surface area contributed by atoms with Crippen LogP contribution in [0, 0.1) is 0 Å². The third-order valence-electron chi connectivity index (χ3n) is 4.35. The molecule has 0 spiro atoms. The highest BCUT2D eigenvalue weighted by Crippen LogP contribution is 2.49. The van der Waals surface area contributed by atoms with E-state index >= 15 is 0 Å². The molecular formula is C26H45N2O11P. The van der Waals surface area contributed by atoms with E-state index in [0.29, 0.717) is 6.42 Å². The molecular weight excluding hydrogens is 547 g/mol. The third kappa shape index (κ3) is 20.1. The van der Waals surface area contributed by atoms with Gasteiger partial charge < -0.3 is 25.2 Å². The van der Waals surface area contributed by atoms with Crippen molar-refractivity contribution in [1.82, 2.24) is 10.6 Å². The Hall–Kier alpha value is -2.83. The second-order valence-corrected chi connectivity index (χ2v) is 9.83. The van der Waals surface area contributed by atoms with E-state index in [1.54, 1.807) is 38.2 Å². The van der Waals surface area contributed by atoms with Crippen molar-refractivity contribution >= 4 is 31.6 Å². The van der Waals surface area contributed by atoms with Crippen LogP contribution in [-0.2, 0) is 46.8 Å². The minimum absolute atomic E-state index is 0.0198. The molecule has 3 N–H and O–H groups in total. The summed E-state index contributed by atoms with van der Waals surface area (Å²) in [5.74, 6) is -1.61. The zero-order valence-corrected chi connectivity index (χ0v) is 25.3. The number of rotatable bonds is 18. The molecule has 0 bridgehead atoms. The number of phosphoric ester groups is 1. The zero-order valence-electron chi connectivity index (χ0n) is 24.4. The van der Waals surface area contributed by atoms with Crippen molar-refractivity contribution in [3.8, 4) is 0 Å². The van der Waals surface area contributed by atoms with Crippen LogP contribution >= 0.6 is 7.82 Å². The Morgan fingerprint density at radius 2 is 1.32 bits per heavy atom. The first kappa shape index (κ1) is 39.3. The van der Waals surface area contributed by atoms with Crippen molar-refractivity contribution in [2.45, 2.75) is 79.2 Å². The molecule has 0 aliphatic rings. The van der Waals surface area contributed by atoms with Crippen LogP contribution in [0.15, 0.2) is 37.0 Å². The SMILES string of the molecule is C/C=C/[C@@H](OC(C)=O)[C@H](CO)NC(C)=O.C=CCOP(=O)(OCCC)OC[C@H](NC(C)=O)[C@@H](/C=C/C)OC(C)=O. The van der Waals surface area contributed by atoms with Gasteiger partial charge in [0.2, 0.25) is 11.8 Å². The number of esters is 2. The van der Waals surface area contributed by atoms with E-state index in [9.17, 15) is 23.7 Å². The molecule has 14 heteroatoms. The number of carbonyl (C=O) groups excluding carboxylic acids is 4. The molecule has 0 saturated heterocycles. The van der Waals surface area contributed by atoms with E-state index in [2.05, 4.69) is 17.2 Å². The lowest BCUT2D eigenvalue weighted by molar-refractivity contribution is -0.147. The first-order chi connectivity index (χ1) is 18.8. The van der Waals surface area contributed by atoms with E-state index in [-0.39, 0.29) is 38.2 Å². The normalized spacial score (nSPS) is 15.5.